The van der Waals surface area contributed by atoms with Crippen LogP contribution >= 0.6 is 0 Å². The molecular weight excluding hydrogens is 224 g/mol. The van der Waals surface area contributed by atoms with Crippen molar-refractivity contribution in [1.29, 1.82) is 0 Å². The van der Waals surface area contributed by atoms with Gasteiger partial charge in [-0.05, 0) is 44.2 Å². The van der Waals surface area contributed by atoms with Crippen molar-refractivity contribution in [3.8, 4) is 0 Å². The fourth-order valence-electron chi connectivity index (χ4n) is 3.07. The zero-order valence-electron chi connectivity index (χ0n) is 11.9. The highest BCUT2D eigenvalue weighted by Crippen LogP contribution is 2.17. The first-order chi connectivity index (χ1) is 8.69. The fraction of sp³-hybridized carbons (Fsp3) is 0.929. The molecular formula is C14H28N4. The summed E-state index contributed by atoms with van der Waals surface area (Å²) in [5, 5.41) is 0. The van der Waals surface area contributed by atoms with Crippen molar-refractivity contribution in [2.45, 2.75) is 33.1 Å². The van der Waals surface area contributed by atoms with E-state index < -0.39 is 0 Å². The van der Waals surface area contributed by atoms with Crippen LogP contribution in [0, 0.1) is 11.8 Å². The molecule has 0 aliphatic carbocycles. The molecule has 2 heterocycles. The molecule has 104 valence electrons. The van der Waals surface area contributed by atoms with Crippen LogP contribution in [0.2, 0.25) is 0 Å². The number of hydrogen-bond acceptors (Lipinski definition) is 2. The van der Waals surface area contributed by atoms with Crippen LogP contribution in [0.25, 0.3) is 0 Å². The van der Waals surface area contributed by atoms with E-state index in [0.29, 0.717) is 5.92 Å². The van der Waals surface area contributed by atoms with Gasteiger partial charge in [-0.2, -0.15) is 0 Å². The Hall–Kier alpha value is -0.770. The molecule has 4 heteroatoms. The van der Waals surface area contributed by atoms with E-state index in [4.69, 9.17) is 5.73 Å². The first-order valence-corrected chi connectivity index (χ1v) is 7.46. The minimum atomic E-state index is 0.714. The Bertz CT molecular complexity index is 290. The van der Waals surface area contributed by atoms with Crippen LogP contribution in [0.1, 0.15) is 33.1 Å². The van der Waals surface area contributed by atoms with Crippen LogP contribution < -0.4 is 5.73 Å². The third kappa shape index (κ3) is 3.61. The van der Waals surface area contributed by atoms with Crippen molar-refractivity contribution in [2.24, 2.45) is 22.6 Å². The van der Waals surface area contributed by atoms with Crippen LogP contribution in [0.3, 0.4) is 0 Å². The van der Waals surface area contributed by atoms with E-state index in [1.54, 1.807) is 0 Å². The summed E-state index contributed by atoms with van der Waals surface area (Å²) in [6.07, 6.45) is 3.86. The van der Waals surface area contributed by atoms with E-state index in [9.17, 15) is 0 Å². The highest BCUT2D eigenvalue weighted by Gasteiger charge is 2.22. The number of rotatable bonds is 3. The molecule has 0 aromatic rings. The van der Waals surface area contributed by atoms with Gasteiger partial charge in [0.05, 0.1) is 0 Å². The smallest absolute Gasteiger partial charge is 0.191 e. The second-order valence-corrected chi connectivity index (χ2v) is 5.94. The monoisotopic (exact) mass is 252 g/mol. The summed E-state index contributed by atoms with van der Waals surface area (Å²) in [5.41, 5.74) is 6.12. The average Bonchev–Trinajstić information content (AvgIpc) is 2.84. The number of likely N-dealkylation sites (tertiary alicyclic amines) is 2. The zero-order chi connectivity index (χ0) is 13.0. The van der Waals surface area contributed by atoms with E-state index in [1.807, 2.05) is 0 Å². The Labute approximate surface area is 111 Å². The Morgan fingerprint density at radius 1 is 1.28 bits per heavy atom. The lowest BCUT2D eigenvalue weighted by Gasteiger charge is -2.31. The van der Waals surface area contributed by atoms with Crippen LogP contribution in [0.5, 0.6) is 0 Å². The molecule has 0 radical (unpaired) electrons. The maximum atomic E-state index is 6.12. The van der Waals surface area contributed by atoms with Gasteiger partial charge < -0.3 is 15.5 Å². The van der Waals surface area contributed by atoms with Crippen LogP contribution in [-0.4, -0.2) is 55.0 Å². The van der Waals surface area contributed by atoms with Gasteiger partial charge in [-0.3, -0.25) is 4.99 Å². The van der Waals surface area contributed by atoms with E-state index in [1.165, 1.54) is 38.9 Å². The molecule has 18 heavy (non-hydrogen) atoms. The number of nitrogens with zero attached hydrogens (tertiary/aromatic N) is 3. The van der Waals surface area contributed by atoms with Crippen molar-refractivity contribution in [1.82, 2.24) is 9.80 Å². The lowest BCUT2D eigenvalue weighted by atomic mass is 10.0. The van der Waals surface area contributed by atoms with Gasteiger partial charge in [0.1, 0.15) is 0 Å². The van der Waals surface area contributed by atoms with Gasteiger partial charge in [0.15, 0.2) is 5.96 Å². The first kappa shape index (κ1) is 13.7. The highest BCUT2D eigenvalue weighted by atomic mass is 15.3. The molecule has 2 rings (SSSR count). The van der Waals surface area contributed by atoms with Crippen molar-refractivity contribution in [3.63, 3.8) is 0 Å². The normalized spacial score (nSPS) is 31.0. The summed E-state index contributed by atoms with van der Waals surface area (Å²) >= 11 is 0. The lowest BCUT2D eigenvalue weighted by Crippen LogP contribution is -2.43. The summed E-state index contributed by atoms with van der Waals surface area (Å²) in [5.74, 6) is 2.25. The summed E-state index contributed by atoms with van der Waals surface area (Å²) in [6.45, 7) is 11.2. The molecule has 2 N–H and O–H groups in total. The average molecular weight is 252 g/mol. The SMILES string of the molecule is CCN1CCC(CN=C(N)N2CCCC(C)C2)C1. The number of piperidine rings is 1. The molecule has 2 fully saturated rings. The molecule has 2 aliphatic heterocycles. The number of aliphatic imine (C=N–C) groups is 1. The van der Waals surface area contributed by atoms with Crippen molar-refractivity contribution < 1.29 is 0 Å². The van der Waals surface area contributed by atoms with Crippen LogP contribution in [-0.2, 0) is 0 Å². The molecule has 0 aromatic heterocycles. The summed E-state index contributed by atoms with van der Waals surface area (Å²) in [7, 11) is 0. The van der Waals surface area contributed by atoms with Gasteiger partial charge in [0.2, 0.25) is 0 Å². The molecule has 2 atom stereocenters. The number of hydrogen-bond donors (Lipinski definition) is 1. The van der Waals surface area contributed by atoms with E-state index in [2.05, 4.69) is 28.6 Å². The predicted molar refractivity (Wildman–Crippen MR) is 76.7 cm³/mol. The molecule has 2 aliphatic rings. The summed E-state index contributed by atoms with van der Waals surface area (Å²) < 4.78 is 0. The largest absolute Gasteiger partial charge is 0.370 e. The van der Waals surface area contributed by atoms with Gasteiger partial charge >= 0.3 is 0 Å². The van der Waals surface area contributed by atoms with Crippen molar-refractivity contribution in [2.75, 3.05) is 39.3 Å². The van der Waals surface area contributed by atoms with E-state index in [-0.39, 0.29) is 0 Å². The molecule has 0 aromatic carbocycles. The Morgan fingerprint density at radius 2 is 2.11 bits per heavy atom. The maximum absolute atomic E-state index is 6.12. The van der Waals surface area contributed by atoms with Crippen LogP contribution in [0.4, 0.5) is 0 Å². The Kier molecular flexibility index (Phi) is 4.87. The standard InChI is InChI=1S/C14H28N4/c1-3-17-8-6-13(11-17)9-16-14(15)18-7-4-5-12(2)10-18/h12-13H,3-11H2,1-2H3,(H2,15,16). The molecule has 0 bridgehead atoms. The Morgan fingerprint density at radius 3 is 2.78 bits per heavy atom. The van der Waals surface area contributed by atoms with Crippen molar-refractivity contribution >= 4 is 5.96 Å². The van der Waals surface area contributed by atoms with Crippen molar-refractivity contribution in [3.05, 3.63) is 0 Å². The molecule has 0 spiro atoms. The first-order valence-electron chi connectivity index (χ1n) is 7.46. The minimum Gasteiger partial charge on any atom is -0.370 e. The fourth-order valence-corrected chi connectivity index (χ4v) is 3.07. The Balaban J connectivity index is 1.78. The minimum absolute atomic E-state index is 0.714. The summed E-state index contributed by atoms with van der Waals surface area (Å²) in [6, 6.07) is 0. The second kappa shape index (κ2) is 6.41. The topological polar surface area (TPSA) is 44.9 Å². The maximum Gasteiger partial charge on any atom is 0.191 e. The van der Waals surface area contributed by atoms with Gasteiger partial charge in [-0.15, -0.1) is 0 Å². The van der Waals surface area contributed by atoms with Crippen LogP contribution in [0.15, 0.2) is 4.99 Å². The second-order valence-electron chi connectivity index (χ2n) is 5.94. The highest BCUT2D eigenvalue weighted by molar-refractivity contribution is 5.78. The molecule has 0 amide bonds. The van der Waals surface area contributed by atoms with E-state index >= 15 is 0 Å². The quantitative estimate of drug-likeness (QED) is 0.609. The van der Waals surface area contributed by atoms with Gasteiger partial charge in [-0.1, -0.05) is 13.8 Å². The number of nitrogens with two attached hydrogens (primary N) is 1. The molecule has 2 saturated heterocycles. The van der Waals surface area contributed by atoms with E-state index in [0.717, 1.165) is 31.5 Å². The zero-order valence-corrected chi connectivity index (χ0v) is 11.9. The molecule has 2 unspecified atom stereocenters. The predicted octanol–water partition coefficient (Wildman–Crippen LogP) is 1.37. The third-order valence-electron chi connectivity index (χ3n) is 4.31. The third-order valence-corrected chi connectivity index (χ3v) is 4.31. The molecule has 0 saturated carbocycles. The van der Waals surface area contributed by atoms with Gasteiger partial charge in [0.25, 0.3) is 0 Å². The lowest BCUT2D eigenvalue weighted by molar-refractivity contribution is 0.270. The summed E-state index contributed by atoms with van der Waals surface area (Å²) in [4.78, 5) is 9.39. The molecule has 4 nitrogen and oxygen atoms in total. The number of guanidine groups is 1. The van der Waals surface area contributed by atoms with Gasteiger partial charge in [0, 0.05) is 26.2 Å². The van der Waals surface area contributed by atoms with Gasteiger partial charge in [-0.25, -0.2) is 0 Å².